The van der Waals surface area contributed by atoms with E-state index in [2.05, 4.69) is 13.8 Å². The number of esters is 1. The summed E-state index contributed by atoms with van der Waals surface area (Å²) in [4.78, 5) is 23.3. The molecule has 0 N–H and O–H groups in total. The number of carbonyl (C=O) groups is 2. The van der Waals surface area contributed by atoms with Crippen molar-refractivity contribution in [1.29, 1.82) is 0 Å². The molecule has 0 bridgehead atoms. The molecule has 0 radical (unpaired) electrons. The zero-order chi connectivity index (χ0) is 11.9. The van der Waals surface area contributed by atoms with Crippen molar-refractivity contribution < 1.29 is 14.3 Å². The zero-order valence-electron chi connectivity index (χ0n) is 10.3. The van der Waals surface area contributed by atoms with E-state index >= 15 is 0 Å². The third kappa shape index (κ3) is 1.57. The van der Waals surface area contributed by atoms with Crippen molar-refractivity contribution in [3.8, 4) is 0 Å². The molecule has 2 fully saturated rings. The summed E-state index contributed by atoms with van der Waals surface area (Å²) in [6.45, 7) is 6.54. The van der Waals surface area contributed by atoms with E-state index in [-0.39, 0.29) is 23.2 Å². The summed E-state index contributed by atoms with van der Waals surface area (Å²) in [5.74, 6) is 0.954. The van der Waals surface area contributed by atoms with Gasteiger partial charge in [-0.3, -0.25) is 9.59 Å². The van der Waals surface area contributed by atoms with Gasteiger partial charge in [0, 0.05) is 12.8 Å². The first-order chi connectivity index (χ1) is 7.49. The molecule has 0 saturated heterocycles. The number of rotatable bonds is 2. The molecule has 90 valence electrons. The zero-order valence-corrected chi connectivity index (χ0v) is 10.3. The number of ketones is 1. The third-order valence-electron chi connectivity index (χ3n) is 4.76. The highest BCUT2D eigenvalue weighted by Crippen LogP contribution is 2.58. The first-order valence-electron chi connectivity index (χ1n) is 6.17. The van der Waals surface area contributed by atoms with E-state index in [0.29, 0.717) is 31.1 Å². The molecule has 2 saturated carbocycles. The van der Waals surface area contributed by atoms with E-state index in [1.165, 1.54) is 0 Å². The van der Waals surface area contributed by atoms with E-state index in [0.717, 1.165) is 6.42 Å². The number of carbonyl (C=O) groups excluding carboxylic acids is 2. The molecule has 0 amide bonds. The van der Waals surface area contributed by atoms with Crippen molar-refractivity contribution in [3.63, 3.8) is 0 Å². The third-order valence-corrected chi connectivity index (χ3v) is 4.76. The first-order valence-corrected chi connectivity index (χ1v) is 6.17. The van der Waals surface area contributed by atoms with Gasteiger partial charge in [0.05, 0.1) is 12.5 Å². The molecule has 0 aliphatic heterocycles. The second-order valence-electron chi connectivity index (χ2n) is 5.51. The summed E-state index contributed by atoms with van der Waals surface area (Å²) >= 11 is 0. The van der Waals surface area contributed by atoms with Gasteiger partial charge < -0.3 is 4.74 Å². The maximum atomic E-state index is 11.8. The minimum absolute atomic E-state index is 0.00282. The van der Waals surface area contributed by atoms with Gasteiger partial charge in [-0.25, -0.2) is 0 Å². The van der Waals surface area contributed by atoms with Crippen molar-refractivity contribution in [1.82, 2.24) is 0 Å². The molecule has 2 aliphatic carbocycles. The summed E-state index contributed by atoms with van der Waals surface area (Å²) in [6, 6.07) is 0. The van der Waals surface area contributed by atoms with Gasteiger partial charge >= 0.3 is 5.97 Å². The van der Waals surface area contributed by atoms with Crippen LogP contribution in [-0.2, 0) is 14.3 Å². The number of fused-ring (bicyclic) bond motifs is 1. The van der Waals surface area contributed by atoms with E-state index in [1.807, 2.05) is 6.92 Å². The lowest BCUT2D eigenvalue weighted by atomic mass is 9.75. The number of Topliss-reactive ketones (excluding diaryl/α,β-unsaturated/α-hetero) is 1. The summed E-state index contributed by atoms with van der Waals surface area (Å²) in [7, 11) is 0. The average Bonchev–Trinajstić information content (AvgIpc) is 2.60. The average molecular weight is 224 g/mol. The Morgan fingerprint density at radius 3 is 2.81 bits per heavy atom. The maximum Gasteiger partial charge on any atom is 0.309 e. The van der Waals surface area contributed by atoms with Crippen molar-refractivity contribution in [2.24, 2.45) is 23.2 Å². The van der Waals surface area contributed by atoms with Crippen LogP contribution in [0.1, 0.15) is 40.0 Å². The summed E-state index contributed by atoms with van der Waals surface area (Å²) < 4.78 is 5.11. The fourth-order valence-electron chi connectivity index (χ4n) is 3.55. The Kier molecular flexibility index (Phi) is 2.81. The van der Waals surface area contributed by atoms with Crippen LogP contribution < -0.4 is 0 Å². The van der Waals surface area contributed by atoms with Gasteiger partial charge in [0.15, 0.2) is 0 Å². The fourth-order valence-corrected chi connectivity index (χ4v) is 3.55. The highest BCUT2D eigenvalue weighted by atomic mass is 16.5. The van der Waals surface area contributed by atoms with Crippen LogP contribution in [0.25, 0.3) is 0 Å². The molecule has 3 heteroatoms. The Balaban J connectivity index is 2.13. The lowest BCUT2D eigenvalue weighted by molar-refractivity contribution is -0.150. The van der Waals surface area contributed by atoms with E-state index in [4.69, 9.17) is 4.74 Å². The van der Waals surface area contributed by atoms with Gasteiger partial charge in [-0.1, -0.05) is 13.8 Å². The van der Waals surface area contributed by atoms with Crippen LogP contribution in [0, 0.1) is 23.2 Å². The Morgan fingerprint density at radius 2 is 2.25 bits per heavy atom. The largest absolute Gasteiger partial charge is 0.466 e. The molecule has 2 aliphatic rings. The normalized spacial score (nSPS) is 42.2. The van der Waals surface area contributed by atoms with Gasteiger partial charge in [-0.15, -0.1) is 0 Å². The first kappa shape index (κ1) is 11.6. The Labute approximate surface area is 96.5 Å². The van der Waals surface area contributed by atoms with Crippen molar-refractivity contribution in [2.45, 2.75) is 40.0 Å². The molecule has 0 aromatic rings. The molecule has 0 spiro atoms. The highest BCUT2D eigenvalue weighted by molar-refractivity contribution is 5.83. The Bertz CT molecular complexity index is 323. The smallest absolute Gasteiger partial charge is 0.309 e. The number of ether oxygens (including phenoxy) is 1. The quantitative estimate of drug-likeness (QED) is 0.675. The Hall–Kier alpha value is -0.860. The molecule has 0 aromatic carbocycles. The fraction of sp³-hybridized carbons (Fsp3) is 0.846. The van der Waals surface area contributed by atoms with Crippen molar-refractivity contribution in [2.75, 3.05) is 6.61 Å². The van der Waals surface area contributed by atoms with Crippen LogP contribution in [-0.4, -0.2) is 18.4 Å². The SMILES string of the molecule is CCOC(=O)[C@@H]1C[C@H]2CC(=O)C[C@@]2(C)[C@@H]1C. The predicted molar refractivity (Wildman–Crippen MR) is 59.7 cm³/mol. The number of hydrogen-bond acceptors (Lipinski definition) is 3. The predicted octanol–water partition coefficient (Wildman–Crippen LogP) is 2.19. The minimum Gasteiger partial charge on any atom is -0.466 e. The van der Waals surface area contributed by atoms with Crippen LogP contribution in [0.5, 0.6) is 0 Å². The molecule has 4 atom stereocenters. The van der Waals surface area contributed by atoms with E-state index < -0.39 is 0 Å². The highest BCUT2D eigenvalue weighted by Gasteiger charge is 2.56. The van der Waals surface area contributed by atoms with E-state index in [9.17, 15) is 9.59 Å². The van der Waals surface area contributed by atoms with Gasteiger partial charge in [-0.2, -0.15) is 0 Å². The lowest BCUT2D eigenvalue weighted by Gasteiger charge is -2.29. The molecule has 0 heterocycles. The topological polar surface area (TPSA) is 43.4 Å². The van der Waals surface area contributed by atoms with Gasteiger partial charge in [0.25, 0.3) is 0 Å². The molecule has 16 heavy (non-hydrogen) atoms. The van der Waals surface area contributed by atoms with Crippen molar-refractivity contribution in [3.05, 3.63) is 0 Å². The number of hydrogen-bond donors (Lipinski definition) is 0. The lowest BCUT2D eigenvalue weighted by Crippen LogP contribution is -2.28. The van der Waals surface area contributed by atoms with Crippen LogP contribution in [0.3, 0.4) is 0 Å². The monoisotopic (exact) mass is 224 g/mol. The molecule has 3 nitrogen and oxygen atoms in total. The summed E-state index contributed by atoms with van der Waals surface area (Å²) in [5.41, 5.74) is 0.0362. The molecule has 0 aromatic heterocycles. The van der Waals surface area contributed by atoms with Crippen LogP contribution in [0.15, 0.2) is 0 Å². The second-order valence-corrected chi connectivity index (χ2v) is 5.51. The molecular weight excluding hydrogens is 204 g/mol. The van der Waals surface area contributed by atoms with Crippen LogP contribution in [0.2, 0.25) is 0 Å². The van der Waals surface area contributed by atoms with Gasteiger partial charge in [0.2, 0.25) is 0 Å². The van der Waals surface area contributed by atoms with Gasteiger partial charge in [0.1, 0.15) is 5.78 Å². The van der Waals surface area contributed by atoms with Crippen LogP contribution >= 0.6 is 0 Å². The Morgan fingerprint density at radius 1 is 1.56 bits per heavy atom. The van der Waals surface area contributed by atoms with Gasteiger partial charge in [-0.05, 0) is 30.6 Å². The van der Waals surface area contributed by atoms with Crippen LogP contribution in [0.4, 0.5) is 0 Å². The molecular formula is C13H20O3. The standard InChI is InChI=1S/C13H20O3/c1-4-16-12(15)11-6-9-5-10(14)7-13(9,3)8(11)2/h8-9,11H,4-7H2,1-3H3/t8-,9-,11-,13+/m1/s1. The summed E-state index contributed by atoms with van der Waals surface area (Å²) in [6.07, 6.45) is 2.15. The molecule has 2 rings (SSSR count). The minimum atomic E-state index is -0.0712. The van der Waals surface area contributed by atoms with E-state index in [1.54, 1.807) is 0 Å². The van der Waals surface area contributed by atoms with Crippen molar-refractivity contribution >= 4 is 11.8 Å². The molecule has 0 unspecified atom stereocenters. The second kappa shape index (κ2) is 3.86. The maximum absolute atomic E-state index is 11.8. The summed E-state index contributed by atoms with van der Waals surface area (Å²) in [5, 5.41) is 0.